The van der Waals surface area contributed by atoms with Gasteiger partial charge in [-0.1, -0.05) is 0 Å². The topological polar surface area (TPSA) is 17.1 Å². The Hall–Kier alpha value is -0.770. The van der Waals surface area contributed by atoms with Crippen molar-refractivity contribution < 1.29 is 4.79 Å². The highest BCUT2D eigenvalue weighted by molar-refractivity contribution is 5.88. The zero-order valence-corrected chi connectivity index (χ0v) is 5.84. The highest BCUT2D eigenvalue weighted by Gasteiger charge is 2.46. The maximum Gasteiger partial charge on any atom is 0.140 e. The number of Topliss-reactive ketones (excluding diaryl/α,β-unsaturated/α-hetero) is 1. The summed E-state index contributed by atoms with van der Waals surface area (Å²) in [6, 6.07) is 0. The lowest BCUT2D eigenvalue weighted by Gasteiger charge is -2.12. The van der Waals surface area contributed by atoms with Crippen LogP contribution in [0.3, 0.4) is 0 Å². The summed E-state index contributed by atoms with van der Waals surface area (Å²) in [5.74, 6) is 4.02. The highest BCUT2D eigenvalue weighted by atomic mass is 16.1. The quantitative estimate of drug-likeness (QED) is 0.455. The molecule has 2 rings (SSSR count). The Bertz CT molecular complexity index is 211. The van der Waals surface area contributed by atoms with Crippen molar-refractivity contribution in [2.24, 2.45) is 17.8 Å². The lowest BCUT2D eigenvalue weighted by atomic mass is 9.90. The van der Waals surface area contributed by atoms with Crippen LogP contribution >= 0.6 is 0 Å². The molecule has 2 bridgehead atoms. The first kappa shape index (κ1) is 5.97. The molecule has 0 unspecified atom stereocenters. The Kier molecular flexibility index (Phi) is 1.11. The van der Waals surface area contributed by atoms with Crippen LogP contribution < -0.4 is 0 Å². The number of hydrogen-bond donors (Lipinski definition) is 0. The van der Waals surface area contributed by atoms with Gasteiger partial charge in [0.1, 0.15) is 5.78 Å². The second kappa shape index (κ2) is 1.85. The van der Waals surface area contributed by atoms with E-state index in [1.54, 1.807) is 0 Å². The lowest BCUT2D eigenvalue weighted by molar-refractivity contribution is -0.121. The minimum Gasteiger partial charge on any atom is -0.299 e. The van der Waals surface area contributed by atoms with E-state index >= 15 is 0 Å². The van der Waals surface area contributed by atoms with Gasteiger partial charge in [0, 0.05) is 17.8 Å². The van der Waals surface area contributed by atoms with Crippen LogP contribution in [0.5, 0.6) is 0 Å². The highest BCUT2D eigenvalue weighted by Crippen LogP contribution is 2.44. The molecule has 1 nitrogen and oxygen atoms in total. The van der Waals surface area contributed by atoms with E-state index in [2.05, 4.69) is 5.92 Å². The Morgan fingerprint density at radius 1 is 1.50 bits per heavy atom. The molecule has 0 saturated heterocycles. The van der Waals surface area contributed by atoms with E-state index in [-0.39, 0.29) is 11.8 Å². The van der Waals surface area contributed by atoms with E-state index in [1.165, 1.54) is 0 Å². The number of rotatable bonds is 0. The fourth-order valence-corrected chi connectivity index (χ4v) is 2.26. The second-order valence-corrected chi connectivity index (χ2v) is 3.29. The van der Waals surface area contributed by atoms with Crippen molar-refractivity contribution in [1.29, 1.82) is 0 Å². The monoisotopic (exact) mass is 134 g/mol. The van der Waals surface area contributed by atoms with Gasteiger partial charge < -0.3 is 0 Å². The molecule has 2 fully saturated rings. The number of carbonyl (C=O) groups is 1. The lowest BCUT2D eigenvalue weighted by Crippen LogP contribution is -2.09. The molecule has 0 spiro atoms. The number of fused-ring (bicyclic) bond motifs is 2. The predicted molar refractivity (Wildman–Crippen MR) is 38.2 cm³/mol. The number of terminal acetylenes is 1. The average Bonchev–Trinajstić information content (AvgIpc) is 2.46. The third kappa shape index (κ3) is 0.568. The third-order valence-electron chi connectivity index (χ3n) is 2.83. The Morgan fingerprint density at radius 3 is 2.60 bits per heavy atom. The summed E-state index contributed by atoms with van der Waals surface area (Å²) in [5.41, 5.74) is 0. The second-order valence-electron chi connectivity index (χ2n) is 3.29. The van der Waals surface area contributed by atoms with E-state index in [4.69, 9.17) is 6.42 Å². The van der Waals surface area contributed by atoms with Crippen LogP contribution in [0.15, 0.2) is 0 Å². The SMILES string of the molecule is C#C[C@@H]1C[C@H]2CC[C@@H]1C2=O. The third-order valence-corrected chi connectivity index (χ3v) is 2.83. The van der Waals surface area contributed by atoms with Gasteiger partial charge in [-0.2, -0.15) is 0 Å². The van der Waals surface area contributed by atoms with E-state index in [0.29, 0.717) is 11.7 Å². The molecule has 2 saturated carbocycles. The first-order chi connectivity index (χ1) is 4.83. The summed E-state index contributed by atoms with van der Waals surface area (Å²) in [6.45, 7) is 0. The van der Waals surface area contributed by atoms with Gasteiger partial charge in [-0.25, -0.2) is 0 Å². The Labute approximate surface area is 60.8 Å². The molecule has 0 aromatic heterocycles. The molecule has 0 aromatic rings. The summed E-state index contributed by atoms with van der Waals surface area (Å²) < 4.78 is 0. The summed E-state index contributed by atoms with van der Waals surface area (Å²) in [6.07, 6.45) is 8.41. The van der Waals surface area contributed by atoms with Crippen LogP contribution in [0.4, 0.5) is 0 Å². The van der Waals surface area contributed by atoms with Crippen LogP contribution in [-0.4, -0.2) is 5.78 Å². The van der Waals surface area contributed by atoms with Crippen molar-refractivity contribution in [3.8, 4) is 12.3 Å². The zero-order valence-electron chi connectivity index (χ0n) is 5.84. The molecule has 52 valence electrons. The molecule has 0 aromatic carbocycles. The minimum absolute atomic E-state index is 0.245. The van der Waals surface area contributed by atoms with E-state index in [9.17, 15) is 4.79 Å². The van der Waals surface area contributed by atoms with Gasteiger partial charge in [0.15, 0.2) is 0 Å². The summed E-state index contributed by atoms with van der Waals surface area (Å²) in [5, 5.41) is 0. The number of carbonyl (C=O) groups excluding carboxylic acids is 1. The van der Waals surface area contributed by atoms with Crippen LogP contribution in [-0.2, 0) is 4.79 Å². The normalized spacial score (nSPS) is 43.9. The molecule has 2 aliphatic carbocycles. The molecule has 1 heteroatoms. The predicted octanol–water partition coefficient (Wildman–Crippen LogP) is 1.23. The van der Waals surface area contributed by atoms with Crippen molar-refractivity contribution in [1.82, 2.24) is 0 Å². The smallest absolute Gasteiger partial charge is 0.140 e. The van der Waals surface area contributed by atoms with Gasteiger partial charge in [-0.3, -0.25) is 4.79 Å². The molecule has 0 aliphatic heterocycles. The van der Waals surface area contributed by atoms with E-state index in [0.717, 1.165) is 19.3 Å². The Balaban J connectivity index is 2.25. The van der Waals surface area contributed by atoms with Crippen molar-refractivity contribution in [2.75, 3.05) is 0 Å². The van der Waals surface area contributed by atoms with Gasteiger partial charge in [-0.05, 0) is 19.3 Å². The van der Waals surface area contributed by atoms with Crippen molar-refractivity contribution in [3.05, 3.63) is 0 Å². The van der Waals surface area contributed by atoms with Crippen LogP contribution in [0.2, 0.25) is 0 Å². The molecule has 2 aliphatic rings. The van der Waals surface area contributed by atoms with Crippen LogP contribution in [0.25, 0.3) is 0 Å². The van der Waals surface area contributed by atoms with E-state index < -0.39 is 0 Å². The van der Waals surface area contributed by atoms with E-state index in [1.807, 2.05) is 0 Å². The van der Waals surface area contributed by atoms with Crippen LogP contribution in [0.1, 0.15) is 19.3 Å². The summed E-state index contributed by atoms with van der Waals surface area (Å²) in [7, 11) is 0. The first-order valence-corrected chi connectivity index (χ1v) is 3.83. The summed E-state index contributed by atoms with van der Waals surface area (Å²) in [4.78, 5) is 11.2. The van der Waals surface area contributed by atoms with Crippen molar-refractivity contribution >= 4 is 5.78 Å². The van der Waals surface area contributed by atoms with Crippen molar-refractivity contribution in [3.63, 3.8) is 0 Å². The van der Waals surface area contributed by atoms with Gasteiger partial charge in [-0.15, -0.1) is 12.3 Å². The molecule has 3 atom stereocenters. The van der Waals surface area contributed by atoms with Gasteiger partial charge in [0.2, 0.25) is 0 Å². The zero-order chi connectivity index (χ0) is 7.14. The maximum absolute atomic E-state index is 11.2. The average molecular weight is 134 g/mol. The van der Waals surface area contributed by atoms with Gasteiger partial charge >= 0.3 is 0 Å². The molecular weight excluding hydrogens is 124 g/mol. The fourth-order valence-electron chi connectivity index (χ4n) is 2.26. The minimum atomic E-state index is 0.245. The molecular formula is C9H10O. The maximum atomic E-state index is 11.2. The largest absolute Gasteiger partial charge is 0.299 e. The fraction of sp³-hybridized carbons (Fsp3) is 0.667. The Morgan fingerprint density at radius 2 is 2.30 bits per heavy atom. The van der Waals surface area contributed by atoms with Gasteiger partial charge in [0.25, 0.3) is 0 Å². The van der Waals surface area contributed by atoms with Crippen molar-refractivity contribution in [2.45, 2.75) is 19.3 Å². The van der Waals surface area contributed by atoms with Gasteiger partial charge in [0.05, 0.1) is 0 Å². The molecule has 0 N–H and O–H groups in total. The molecule has 0 heterocycles. The summed E-state index contributed by atoms with van der Waals surface area (Å²) >= 11 is 0. The van der Waals surface area contributed by atoms with Crippen LogP contribution in [0, 0.1) is 30.1 Å². The number of ketones is 1. The standard InChI is InChI=1S/C9H10O/c1-2-6-5-7-3-4-8(6)9(7)10/h1,6-8H,3-5H2/t6-,7-,8+/m1/s1. The molecule has 0 radical (unpaired) electrons. The first-order valence-electron chi connectivity index (χ1n) is 3.83. The number of hydrogen-bond acceptors (Lipinski definition) is 1. The molecule has 0 amide bonds. The molecule has 10 heavy (non-hydrogen) atoms.